The first kappa shape index (κ1) is 20.7. The summed E-state index contributed by atoms with van der Waals surface area (Å²) in [5.41, 5.74) is 6.88. The largest absolute Gasteiger partial charge is 0.364 e. The number of nitrogens with zero attached hydrogens (tertiary/aromatic N) is 5. The number of fused-ring (bicyclic) bond motifs is 1. The van der Waals surface area contributed by atoms with Crippen molar-refractivity contribution in [1.29, 1.82) is 0 Å². The van der Waals surface area contributed by atoms with Gasteiger partial charge in [0.2, 0.25) is 5.91 Å². The molecule has 1 aliphatic rings. The Kier molecular flexibility index (Phi) is 5.48. The third-order valence-corrected chi connectivity index (χ3v) is 5.71. The van der Waals surface area contributed by atoms with Crippen LogP contribution in [-0.2, 0) is 17.9 Å². The molecule has 4 aromatic rings. The molecule has 2 N–H and O–H groups in total. The second kappa shape index (κ2) is 8.74. The van der Waals surface area contributed by atoms with Crippen molar-refractivity contribution in [1.82, 2.24) is 20.0 Å². The van der Waals surface area contributed by atoms with E-state index >= 15 is 0 Å². The molecule has 0 atom stereocenters. The maximum absolute atomic E-state index is 11.8. The Hall–Kier alpha value is -4.20. The first-order valence-corrected chi connectivity index (χ1v) is 10.9. The van der Waals surface area contributed by atoms with E-state index in [1.54, 1.807) is 0 Å². The quantitative estimate of drug-likeness (QED) is 0.476. The predicted octanol–water partition coefficient (Wildman–Crippen LogP) is 3.70. The summed E-state index contributed by atoms with van der Waals surface area (Å²) in [6.07, 6.45) is 1.95. The van der Waals surface area contributed by atoms with Gasteiger partial charge in [0.05, 0.1) is 42.9 Å². The second-order valence-electron chi connectivity index (χ2n) is 8.18. The summed E-state index contributed by atoms with van der Waals surface area (Å²) >= 11 is 0. The number of aryl methyl sites for hydroxylation is 1. The molecule has 0 aliphatic carbocycles. The summed E-state index contributed by atoms with van der Waals surface area (Å²) in [5, 5.41) is 14.9. The first-order valence-electron chi connectivity index (χ1n) is 10.9. The van der Waals surface area contributed by atoms with E-state index in [-0.39, 0.29) is 5.91 Å². The Morgan fingerprint density at radius 1 is 1.09 bits per heavy atom. The zero-order chi connectivity index (χ0) is 22.8. The molecule has 8 heteroatoms. The van der Waals surface area contributed by atoms with Crippen molar-refractivity contribution in [2.45, 2.75) is 20.0 Å². The van der Waals surface area contributed by atoms with Gasteiger partial charge in [0.25, 0.3) is 0 Å². The van der Waals surface area contributed by atoms with Gasteiger partial charge in [-0.15, -0.1) is 5.10 Å². The van der Waals surface area contributed by atoms with Gasteiger partial charge in [-0.05, 0) is 23.6 Å². The molecule has 0 saturated heterocycles. The molecule has 0 saturated carbocycles. The molecule has 0 radical (unpaired) electrons. The van der Waals surface area contributed by atoms with Crippen molar-refractivity contribution < 1.29 is 4.79 Å². The van der Waals surface area contributed by atoms with Crippen LogP contribution in [0.2, 0.25) is 0 Å². The molecule has 33 heavy (non-hydrogen) atoms. The fraction of sp³-hybridized carbons (Fsp3) is 0.200. The fourth-order valence-electron chi connectivity index (χ4n) is 4.09. The topological polar surface area (TPSA) is 88.0 Å². The molecule has 0 spiro atoms. The van der Waals surface area contributed by atoms with Crippen LogP contribution in [0.15, 0.2) is 66.9 Å². The van der Waals surface area contributed by atoms with Gasteiger partial charge in [-0.2, -0.15) is 0 Å². The summed E-state index contributed by atoms with van der Waals surface area (Å²) < 4.78 is 1.85. The van der Waals surface area contributed by atoms with E-state index in [0.717, 1.165) is 28.6 Å². The number of aromatic nitrogens is 4. The Labute approximate surface area is 192 Å². The highest BCUT2D eigenvalue weighted by atomic mass is 16.2. The van der Waals surface area contributed by atoms with Crippen molar-refractivity contribution in [3.05, 3.63) is 83.8 Å². The second-order valence-corrected chi connectivity index (χ2v) is 8.18. The van der Waals surface area contributed by atoms with Crippen LogP contribution in [0.25, 0.3) is 11.1 Å². The molecule has 2 aromatic heterocycles. The van der Waals surface area contributed by atoms with E-state index < -0.39 is 0 Å². The molecular weight excluding hydrogens is 414 g/mol. The molecule has 5 rings (SSSR count). The molecule has 3 heterocycles. The molecular formula is C25H25N7O. The number of nitrogens with one attached hydrogen (secondary N) is 2. The minimum Gasteiger partial charge on any atom is -0.364 e. The van der Waals surface area contributed by atoms with Crippen molar-refractivity contribution in [2.75, 3.05) is 29.1 Å². The first-order chi connectivity index (χ1) is 16.1. The molecule has 0 fully saturated rings. The van der Waals surface area contributed by atoms with Gasteiger partial charge in [0.15, 0.2) is 0 Å². The summed E-state index contributed by atoms with van der Waals surface area (Å²) in [7, 11) is 1.90. The maximum atomic E-state index is 11.8. The van der Waals surface area contributed by atoms with Crippen LogP contribution in [0, 0.1) is 6.92 Å². The number of pyridine rings is 1. The minimum atomic E-state index is -0.0268. The zero-order valence-electron chi connectivity index (χ0n) is 18.6. The third-order valence-electron chi connectivity index (χ3n) is 5.71. The lowest BCUT2D eigenvalue weighted by Gasteiger charge is -2.28. The lowest BCUT2D eigenvalue weighted by molar-refractivity contribution is -0.115. The van der Waals surface area contributed by atoms with E-state index in [1.165, 1.54) is 16.7 Å². The van der Waals surface area contributed by atoms with E-state index in [0.29, 0.717) is 19.6 Å². The number of hydrogen-bond donors (Lipinski definition) is 2. The molecule has 0 bridgehead atoms. The number of carbonyl (C=O) groups excluding carboxylic acids is 1. The van der Waals surface area contributed by atoms with E-state index in [1.807, 2.05) is 60.1 Å². The van der Waals surface area contributed by atoms with Gasteiger partial charge in [0.1, 0.15) is 11.5 Å². The summed E-state index contributed by atoms with van der Waals surface area (Å²) in [4.78, 5) is 18.3. The Morgan fingerprint density at radius 3 is 2.73 bits per heavy atom. The van der Waals surface area contributed by atoms with E-state index in [9.17, 15) is 4.79 Å². The van der Waals surface area contributed by atoms with E-state index in [2.05, 4.69) is 56.3 Å². The van der Waals surface area contributed by atoms with Crippen molar-refractivity contribution in [2.24, 2.45) is 0 Å². The number of anilines is 3. The molecule has 0 unspecified atom stereocenters. The van der Waals surface area contributed by atoms with Crippen LogP contribution in [0.1, 0.15) is 17.0 Å². The van der Waals surface area contributed by atoms with Crippen LogP contribution >= 0.6 is 0 Å². The summed E-state index contributed by atoms with van der Waals surface area (Å²) in [6, 6.07) is 20.7. The number of benzene rings is 2. The van der Waals surface area contributed by atoms with Crippen LogP contribution in [0.4, 0.5) is 17.2 Å². The van der Waals surface area contributed by atoms with Crippen molar-refractivity contribution in [3.63, 3.8) is 0 Å². The Balaban J connectivity index is 1.29. The molecule has 1 amide bonds. The fourth-order valence-corrected chi connectivity index (χ4v) is 4.09. The van der Waals surface area contributed by atoms with Gasteiger partial charge in [-0.3, -0.25) is 4.79 Å². The predicted molar refractivity (Wildman–Crippen MR) is 129 cm³/mol. The lowest BCUT2D eigenvalue weighted by atomic mass is 10.00. The average molecular weight is 440 g/mol. The standard InChI is InChI=1S/C25H25N7O/c1-17-25-22(31(2)16-24(33)28-25)12-23(27-17)26-13-20-15-32(30-29-20)14-19-10-6-7-11-21(19)18-8-4-3-5-9-18/h3-12,15H,13-14,16H2,1-2H3,(H,26,27)(H,28,33). The number of rotatable bonds is 6. The molecule has 2 aromatic carbocycles. The normalized spacial score (nSPS) is 12.9. The summed E-state index contributed by atoms with van der Waals surface area (Å²) in [6.45, 7) is 3.36. The number of carbonyl (C=O) groups is 1. The van der Waals surface area contributed by atoms with Crippen LogP contribution < -0.4 is 15.5 Å². The Morgan fingerprint density at radius 2 is 1.88 bits per heavy atom. The SMILES string of the molecule is Cc1nc(NCc2cn(Cc3ccccc3-c3ccccc3)nn2)cc2c1NC(=O)CN2C. The van der Waals surface area contributed by atoms with Crippen LogP contribution in [-0.4, -0.2) is 39.5 Å². The van der Waals surface area contributed by atoms with Crippen molar-refractivity contribution >= 4 is 23.1 Å². The molecule has 166 valence electrons. The molecule has 8 nitrogen and oxygen atoms in total. The number of likely N-dealkylation sites (N-methyl/N-ethyl adjacent to an activating group) is 1. The van der Waals surface area contributed by atoms with Crippen LogP contribution in [0.3, 0.4) is 0 Å². The maximum Gasteiger partial charge on any atom is 0.243 e. The summed E-state index contributed by atoms with van der Waals surface area (Å²) in [5.74, 6) is 0.708. The lowest BCUT2D eigenvalue weighted by Crippen LogP contribution is -2.36. The van der Waals surface area contributed by atoms with Crippen molar-refractivity contribution in [3.8, 4) is 11.1 Å². The third kappa shape index (κ3) is 4.41. The van der Waals surface area contributed by atoms with Gasteiger partial charge in [-0.25, -0.2) is 9.67 Å². The number of amides is 1. The van der Waals surface area contributed by atoms with E-state index in [4.69, 9.17) is 0 Å². The number of hydrogen-bond acceptors (Lipinski definition) is 6. The highest BCUT2D eigenvalue weighted by Gasteiger charge is 2.22. The monoisotopic (exact) mass is 439 g/mol. The minimum absolute atomic E-state index is 0.0268. The van der Waals surface area contributed by atoms with Gasteiger partial charge in [-0.1, -0.05) is 59.8 Å². The van der Waals surface area contributed by atoms with Gasteiger partial charge in [0, 0.05) is 13.1 Å². The highest BCUT2D eigenvalue weighted by molar-refractivity contribution is 6.02. The molecule has 1 aliphatic heterocycles. The smallest absolute Gasteiger partial charge is 0.243 e. The Bertz CT molecular complexity index is 1300. The van der Waals surface area contributed by atoms with Gasteiger partial charge < -0.3 is 15.5 Å². The van der Waals surface area contributed by atoms with Gasteiger partial charge >= 0.3 is 0 Å². The average Bonchev–Trinajstić information content (AvgIpc) is 3.27. The zero-order valence-corrected chi connectivity index (χ0v) is 18.6. The van der Waals surface area contributed by atoms with Crippen LogP contribution in [0.5, 0.6) is 0 Å². The highest BCUT2D eigenvalue weighted by Crippen LogP contribution is 2.33.